The lowest BCUT2D eigenvalue weighted by molar-refractivity contribution is -0.515. The third-order valence-corrected chi connectivity index (χ3v) is 5.71. The molecule has 0 radical (unpaired) electrons. The van der Waals surface area contributed by atoms with Crippen LogP contribution in [0.5, 0.6) is 0 Å². The molecule has 1 unspecified atom stereocenters. The number of benzene rings is 1. The Morgan fingerprint density at radius 2 is 1.80 bits per heavy atom. The van der Waals surface area contributed by atoms with Crippen LogP contribution >= 0.6 is 0 Å². The standard InChI is InChI=1S/C19H27N3O3/c1-20(16-11-5-6-12-17(16)21-13-7-8-14-21)19(23)18(22(24)25)15-9-3-2-4-10-15/h2-4,9-10,16-18H,5-8,11-14H2,1H3/t16-,17-,18?/m1/s1. The molecule has 1 aromatic rings. The zero-order valence-electron chi connectivity index (χ0n) is 14.8. The summed E-state index contributed by atoms with van der Waals surface area (Å²) < 4.78 is 0. The lowest BCUT2D eigenvalue weighted by atomic mass is 9.87. The topological polar surface area (TPSA) is 66.7 Å². The number of nitrogens with zero attached hydrogens (tertiary/aromatic N) is 3. The predicted octanol–water partition coefficient (Wildman–Crippen LogP) is 2.87. The van der Waals surface area contributed by atoms with Gasteiger partial charge in [0.05, 0.1) is 0 Å². The van der Waals surface area contributed by atoms with Crippen molar-refractivity contribution in [2.45, 2.75) is 56.7 Å². The van der Waals surface area contributed by atoms with E-state index in [1.807, 2.05) is 0 Å². The van der Waals surface area contributed by atoms with Crippen LogP contribution in [0.25, 0.3) is 0 Å². The first-order valence-electron chi connectivity index (χ1n) is 9.29. The Morgan fingerprint density at radius 3 is 2.44 bits per heavy atom. The fourth-order valence-corrected chi connectivity index (χ4v) is 4.39. The van der Waals surface area contributed by atoms with Crippen molar-refractivity contribution in [2.24, 2.45) is 0 Å². The molecule has 0 aromatic heterocycles. The molecule has 1 aliphatic carbocycles. The van der Waals surface area contributed by atoms with E-state index < -0.39 is 16.9 Å². The molecule has 0 N–H and O–H groups in total. The number of likely N-dealkylation sites (N-methyl/N-ethyl adjacent to an activating group) is 1. The largest absolute Gasteiger partial charge is 0.335 e. The molecule has 2 fully saturated rings. The van der Waals surface area contributed by atoms with Gasteiger partial charge in [0.25, 0.3) is 0 Å². The Morgan fingerprint density at radius 1 is 1.16 bits per heavy atom. The number of hydrogen-bond acceptors (Lipinski definition) is 4. The second kappa shape index (κ2) is 7.95. The highest BCUT2D eigenvalue weighted by molar-refractivity contribution is 5.82. The molecule has 136 valence electrons. The smallest absolute Gasteiger partial charge is 0.314 e. The van der Waals surface area contributed by atoms with Gasteiger partial charge in [0.15, 0.2) is 0 Å². The highest BCUT2D eigenvalue weighted by atomic mass is 16.6. The third kappa shape index (κ3) is 3.84. The van der Waals surface area contributed by atoms with Crippen LogP contribution in [-0.4, -0.2) is 52.9 Å². The summed E-state index contributed by atoms with van der Waals surface area (Å²) in [7, 11) is 1.75. The van der Waals surface area contributed by atoms with Crippen molar-refractivity contribution in [1.29, 1.82) is 0 Å². The minimum atomic E-state index is -1.31. The van der Waals surface area contributed by atoms with Gasteiger partial charge in [0, 0.05) is 29.6 Å². The van der Waals surface area contributed by atoms with Crippen LogP contribution in [0.3, 0.4) is 0 Å². The van der Waals surface area contributed by atoms with Crippen molar-refractivity contribution in [1.82, 2.24) is 9.80 Å². The van der Waals surface area contributed by atoms with E-state index in [2.05, 4.69) is 4.90 Å². The molecule has 1 saturated carbocycles. The summed E-state index contributed by atoms with van der Waals surface area (Å²) in [4.78, 5) is 28.3. The molecular formula is C19H27N3O3. The first kappa shape index (κ1) is 17.9. The molecule has 1 heterocycles. The molecule has 6 heteroatoms. The van der Waals surface area contributed by atoms with Gasteiger partial charge in [0.2, 0.25) is 0 Å². The number of carbonyl (C=O) groups excluding carboxylic acids is 1. The van der Waals surface area contributed by atoms with Crippen LogP contribution in [0.4, 0.5) is 0 Å². The fraction of sp³-hybridized carbons (Fsp3) is 0.632. The molecule has 6 nitrogen and oxygen atoms in total. The summed E-state index contributed by atoms with van der Waals surface area (Å²) in [5.41, 5.74) is 0.456. The van der Waals surface area contributed by atoms with Crippen LogP contribution in [0.2, 0.25) is 0 Å². The van der Waals surface area contributed by atoms with E-state index in [0.29, 0.717) is 11.6 Å². The lowest BCUT2D eigenvalue weighted by Gasteiger charge is -2.42. The van der Waals surface area contributed by atoms with Gasteiger partial charge in [-0.1, -0.05) is 43.2 Å². The normalized spacial score (nSPS) is 25.5. The minimum absolute atomic E-state index is 0.0745. The highest BCUT2D eigenvalue weighted by Gasteiger charge is 2.41. The molecule has 0 spiro atoms. The van der Waals surface area contributed by atoms with Crippen LogP contribution in [-0.2, 0) is 4.79 Å². The summed E-state index contributed by atoms with van der Waals surface area (Å²) in [5.74, 6) is -0.396. The Kier molecular flexibility index (Phi) is 5.68. The Labute approximate surface area is 148 Å². The highest BCUT2D eigenvalue weighted by Crippen LogP contribution is 2.31. The van der Waals surface area contributed by atoms with Crippen LogP contribution < -0.4 is 0 Å². The third-order valence-electron chi connectivity index (χ3n) is 5.71. The van der Waals surface area contributed by atoms with E-state index in [1.165, 1.54) is 19.3 Å². The molecule has 0 bridgehead atoms. The van der Waals surface area contributed by atoms with E-state index in [-0.39, 0.29) is 6.04 Å². The van der Waals surface area contributed by atoms with Gasteiger partial charge in [-0.05, 0) is 38.8 Å². The maximum atomic E-state index is 13.0. The van der Waals surface area contributed by atoms with Gasteiger partial charge in [-0.2, -0.15) is 0 Å². The molecule has 2 aliphatic rings. The van der Waals surface area contributed by atoms with Crippen molar-refractivity contribution in [2.75, 3.05) is 20.1 Å². The number of nitro groups is 1. The summed E-state index contributed by atoms with van der Waals surface area (Å²) in [6.07, 6.45) is 6.70. The maximum absolute atomic E-state index is 13.0. The van der Waals surface area contributed by atoms with Crippen molar-refractivity contribution in [3.05, 3.63) is 46.0 Å². The summed E-state index contributed by atoms with van der Waals surface area (Å²) in [6.45, 7) is 2.17. The molecular weight excluding hydrogens is 318 g/mol. The van der Waals surface area contributed by atoms with Gasteiger partial charge in [-0.15, -0.1) is 0 Å². The lowest BCUT2D eigenvalue weighted by Crippen LogP contribution is -2.54. The maximum Gasteiger partial charge on any atom is 0.314 e. The summed E-state index contributed by atoms with van der Waals surface area (Å²) in [6, 6.07) is 7.72. The van der Waals surface area contributed by atoms with Crippen LogP contribution in [0.15, 0.2) is 30.3 Å². The number of likely N-dealkylation sites (tertiary alicyclic amines) is 1. The van der Waals surface area contributed by atoms with Gasteiger partial charge in [-0.3, -0.25) is 19.8 Å². The first-order valence-corrected chi connectivity index (χ1v) is 9.29. The number of rotatable bonds is 5. The molecule has 3 atom stereocenters. The zero-order valence-corrected chi connectivity index (χ0v) is 14.8. The second-order valence-electron chi connectivity index (χ2n) is 7.21. The van der Waals surface area contributed by atoms with E-state index in [1.54, 1.807) is 42.3 Å². The van der Waals surface area contributed by atoms with E-state index in [4.69, 9.17) is 0 Å². The van der Waals surface area contributed by atoms with Gasteiger partial charge in [0.1, 0.15) is 0 Å². The van der Waals surface area contributed by atoms with Gasteiger partial charge in [-0.25, -0.2) is 0 Å². The first-order chi connectivity index (χ1) is 12.1. The SMILES string of the molecule is CN(C(=O)C(c1ccccc1)[N+](=O)[O-])[C@@H]1CCCC[C@H]1N1CCCC1. The number of carbonyl (C=O) groups is 1. The quantitative estimate of drug-likeness (QED) is 0.608. The average Bonchev–Trinajstić information content (AvgIpc) is 3.16. The monoisotopic (exact) mass is 345 g/mol. The zero-order chi connectivity index (χ0) is 17.8. The number of amides is 1. The van der Waals surface area contributed by atoms with E-state index in [0.717, 1.165) is 32.4 Å². The minimum Gasteiger partial charge on any atom is -0.335 e. The van der Waals surface area contributed by atoms with Crippen molar-refractivity contribution in [3.8, 4) is 0 Å². The second-order valence-corrected chi connectivity index (χ2v) is 7.21. The van der Waals surface area contributed by atoms with Crippen LogP contribution in [0.1, 0.15) is 50.1 Å². The fourth-order valence-electron chi connectivity index (χ4n) is 4.39. The van der Waals surface area contributed by atoms with E-state index >= 15 is 0 Å². The predicted molar refractivity (Wildman–Crippen MR) is 95.8 cm³/mol. The van der Waals surface area contributed by atoms with Crippen molar-refractivity contribution < 1.29 is 9.72 Å². The average molecular weight is 345 g/mol. The molecule has 3 rings (SSSR count). The van der Waals surface area contributed by atoms with Crippen molar-refractivity contribution in [3.63, 3.8) is 0 Å². The van der Waals surface area contributed by atoms with Crippen LogP contribution in [0, 0.1) is 10.1 Å². The molecule has 1 aliphatic heterocycles. The van der Waals surface area contributed by atoms with E-state index in [9.17, 15) is 14.9 Å². The molecule has 1 aromatic carbocycles. The number of hydrogen-bond donors (Lipinski definition) is 0. The molecule has 25 heavy (non-hydrogen) atoms. The Balaban J connectivity index is 1.80. The Hall–Kier alpha value is -1.95. The molecule has 1 saturated heterocycles. The summed E-state index contributed by atoms with van der Waals surface area (Å²) >= 11 is 0. The Bertz CT molecular complexity index is 601. The van der Waals surface area contributed by atoms with Gasteiger partial charge < -0.3 is 4.90 Å². The van der Waals surface area contributed by atoms with Crippen molar-refractivity contribution >= 4 is 5.91 Å². The van der Waals surface area contributed by atoms with Gasteiger partial charge >= 0.3 is 11.9 Å². The molecule has 1 amide bonds. The summed E-state index contributed by atoms with van der Waals surface area (Å²) in [5, 5.41) is 11.6.